The molecular formula is C5H6N4OS. The number of thiophene rings is 1. The van der Waals surface area contributed by atoms with E-state index >= 15 is 0 Å². The molecule has 58 valence electrons. The first-order chi connectivity index (χ1) is 5.43. The smallest absolute Gasteiger partial charge is 0.204 e. The second-order valence-electron chi connectivity index (χ2n) is 1.48. The summed E-state index contributed by atoms with van der Waals surface area (Å²) in [4.78, 5) is 0. The Morgan fingerprint density at radius 2 is 2.55 bits per heavy atom. The third-order valence-corrected chi connectivity index (χ3v) is 1.57. The lowest BCUT2D eigenvalue weighted by atomic mass is 10.7. The van der Waals surface area contributed by atoms with E-state index in [0.717, 1.165) is 5.06 Å². The molecule has 11 heavy (non-hydrogen) atoms. The van der Waals surface area contributed by atoms with Gasteiger partial charge in [0, 0.05) is 0 Å². The summed E-state index contributed by atoms with van der Waals surface area (Å²) < 4.78 is 4.97. The number of hydrogen-bond donors (Lipinski definition) is 1. The molecule has 0 saturated carbocycles. The van der Waals surface area contributed by atoms with Crippen LogP contribution in [0, 0.1) is 0 Å². The van der Waals surface area contributed by atoms with E-state index in [1.807, 2.05) is 17.5 Å². The highest BCUT2D eigenvalue weighted by Crippen LogP contribution is 2.16. The third kappa shape index (κ3) is 2.76. The van der Waals surface area contributed by atoms with E-state index in [0.29, 0.717) is 0 Å². The van der Waals surface area contributed by atoms with E-state index in [-0.39, 0.29) is 0 Å². The highest BCUT2D eigenvalue weighted by atomic mass is 32.1. The minimum Gasteiger partial charge on any atom is -0.433 e. The zero-order chi connectivity index (χ0) is 7.94. The molecule has 0 unspecified atom stereocenters. The van der Waals surface area contributed by atoms with Gasteiger partial charge in [-0.3, -0.25) is 0 Å². The fourth-order valence-corrected chi connectivity index (χ4v) is 1.00. The molecule has 0 aromatic carbocycles. The van der Waals surface area contributed by atoms with Crippen molar-refractivity contribution in [3.8, 4) is 5.06 Å². The molecule has 0 amide bonds. The minimum absolute atomic E-state index is 0.751. The summed E-state index contributed by atoms with van der Waals surface area (Å²) in [7, 11) is 0. The number of nitrogens with two attached hydrogens (primary N) is 1. The Morgan fingerprint density at radius 3 is 3.18 bits per heavy atom. The van der Waals surface area contributed by atoms with Crippen molar-refractivity contribution in [3.63, 3.8) is 0 Å². The van der Waals surface area contributed by atoms with Gasteiger partial charge in [0.05, 0.1) is 0 Å². The van der Waals surface area contributed by atoms with Gasteiger partial charge in [-0.25, -0.2) is 0 Å². The van der Waals surface area contributed by atoms with Gasteiger partial charge in [0.1, 0.15) is 0 Å². The van der Waals surface area contributed by atoms with E-state index in [9.17, 15) is 0 Å². The first-order valence-electron chi connectivity index (χ1n) is 2.75. The Morgan fingerprint density at radius 1 is 1.64 bits per heavy atom. The van der Waals surface area contributed by atoms with Crippen LogP contribution >= 0.6 is 11.3 Å². The van der Waals surface area contributed by atoms with Gasteiger partial charge in [0.15, 0.2) is 5.06 Å². The van der Waals surface area contributed by atoms with Crippen LogP contribution in [0.4, 0.5) is 0 Å². The Labute approximate surface area is 67.2 Å². The third-order valence-electron chi connectivity index (χ3n) is 0.814. The van der Waals surface area contributed by atoms with Crippen LogP contribution < -0.4 is 10.6 Å². The number of nitrogens with zero attached hydrogens (tertiary/aromatic N) is 3. The zero-order valence-corrected chi connectivity index (χ0v) is 6.36. The minimum atomic E-state index is 0.751. The van der Waals surface area contributed by atoms with E-state index < -0.39 is 0 Å². The molecule has 0 saturated heterocycles. The van der Waals surface area contributed by atoms with Crippen molar-refractivity contribution >= 4 is 17.7 Å². The van der Waals surface area contributed by atoms with Crippen molar-refractivity contribution in [2.45, 2.75) is 0 Å². The Hall–Kier alpha value is -1.43. The average molecular weight is 170 g/mol. The maximum Gasteiger partial charge on any atom is 0.204 e. The molecule has 2 N–H and O–H groups in total. The van der Waals surface area contributed by atoms with E-state index in [4.69, 9.17) is 4.74 Å². The molecule has 5 nitrogen and oxygen atoms in total. The number of rotatable bonds is 3. The summed E-state index contributed by atoms with van der Waals surface area (Å²) in [5, 5.41) is 12.0. The monoisotopic (exact) mass is 170 g/mol. The Balaban J connectivity index is 2.34. The summed E-state index contributed by atoms with van der Waals surface area (Å²) in [6.45, 7) is 0. The SMILES string of the molecule is N/N=N/N=C/Oc1cccs1. The molecule has 0 aliphatic heterocycles. The van der Waals surface area contributed by atoms with Crippen molar-refractivity contribution in [2.75, 3.05) is 0 Å². The summed E-state index contributed by atoms with van der Waals surface area (Å²) in [6.07, 6.45) is 1.17. The molecule has 0 radical (unpaired) electrons. The first-order valence-corrected chi connectivity index (χ1v) is 3.63. The largest absolute Gasteiger partial charge is 0.433 e. The van der Waals surface area contributed by atoms with Gasteiger partial charge in [0.25, 0.3) is 0 Å². The van der Waals surface area contributed by atoms with Crippen LogP contribution in [-0.4, -0.2) is 6.40 Å². The molecule has 1 rings (SSSR count). The molecule has 0 fully saturated rings. The van der Waals surface area contributed by atoms with Crippen LogP contribution in [0.15, 0.2) is 33.1 Å². The summed E-state index contributed by atoms with van der Waals surface area (Å²) in [5.74, 6) is 4.68. The average Bonchev–Trinajstić information content (AvgIpc) is 2.50. The standard InChI is InChI=1S/C5H6N4OS/c6-8-9-7-4-10-5-2-1-3-11-5/h1-4H,(H2,6,9)/b7-4+. The molecular weight excluding hydrogens is 164 g/mol. The van der Waals surface area contributed by atoms with Crippen molar-refractivity contribution in [1.29, 1.82) is 0 Å². The highest BCUT2D eigenvalue weighted by molar-refractivity contribution is 7.11. The summed E-state index contributed by atoms with van der Waals surface area (Å²) >= 11 is 1.46. The fraction of sp³-hybridized carbons (Fsp3) is 0. The second kappa shape index (κ2) is 4.40. The van der Waals surface area contributed by atoms with Crippen LogP contribution in [0.5, 0.6) is 5.06 Å². The Bertz CT molecular complexity index is 243. The van der Waals surface area contributed by atoms with Gasteiger partial charge in [-0.2, -0.15) is 0 Å². The molecule has 1 heterocycles. The number of hydrogen-bond acceptors (Lipinski definition) is 4. The van der Waals surface area contributed by atoms with Gasteiger partial charge >= 0.3 is 0 Å². The molecule has 6 heteroatoms. The maximum atomic E-state index is 4.97. The predicted molar refractivity (Wildman–Crippen MR) is 42.5 cm³/mol. The maximum absolute atomic E-state index is 4.97. The molecule has 0 spiro atoms. The summed E-state index contributed by atoms with van der Waals surface area (Å²) in [6, 6.07) is 3.69. The van der Waals surface area contributed by atoms with Crippen LogP contribution in [0.2, 0.25) is 0 Å². The van der Waals surface area contributed by atoms with Crippen LogP contribution in [0.25, 0.3) is 0 Å². The molecule has 0 aliphatic rings. The highest BCUT2D eigenvalue weighted by Gasteiger charge is 1.87. The molecule has 0 aliphatic carbocycles. The second-order valence-corrected chi connectivity index (χ2v) is 2.39. The molecule has 1 aromatic rings. The molecule has 0 atom stereocenters. The lowest BCUT2D eigenvalue weighted by Gasteiger charge is -1.88. The normalized spacial score (nSPS) is 11.3. The van der Waals surface area contributed by atoms with Gasteiger partial charge < -0.3 is 10.6 Å². The van der Waals surface area contributed by atoms with Gasteiger partial charge in [-0.05, 0) is 22.7 Å². The van der Waals surface area contributed by atoms with Crippen molar-refractivity contribution in [3.05, 3.63) is 17.5 Å². The van der Waals surface area contributed by atoms with E-state index in [1.165, 1.54) is 17.7 Å². The van der Waals surface area contributed by atoms with Crippen molar-refractivity contribution < 1.29 is 4.74 Å². The first kappa shape index (κ1) is 7.67. The van der Waals surface area contributed by atoms with Gasteiger partial charge in [-0.15, -0.1) is 11.3 Å². The molecule has 0 bridgehead atoms. The fourth-order valence-electron chi connectivity index (χ4n) is 0.457. The van der Waals surface area contributed by atoms with E-state index in [1.54, 1.807) is 0 Å². The van der Waals surface area contributed by atoms with Gasteiger partial charge in [-0.1, -0.05) is 10.3 Å². The quantitative estimate of drug-likeness (QED) is 0.245. The lowest BCUT2D eigenvalue weighted by molar-refractivity contribution is 0.586. The van der Waals surface area contributed by atoms with Crippen molar-refractivity contribution in [2.24, 2.45) is 21.4 Å². The Kier molecular flexibility index (Phi) is 3.07. The lowest BCUT2D eigenvalue weighted by Crippen LogP contribution is -1.84. The summed E-state index contributed by atoms with van der Waals surface area (Å²) in [5.41, 5.74) is 0. The van der Waals surface area contributed by atoms with Crippen LogP contribution in [-0.2, 0) is 0 Å². The topological polar surface area (TPSA) is 72.3 Å². The molecule has 1 aromatic heterocycles. The van der Waals surface area contributed by atoms with Crippen LogP contribution in [0.1, 0.15) is 0 Å². The predicted octanol–water partition coefficient (Wildman–Crippen LogP) is 1.40. The van der Waals surface area contributed by atoms with Gasteiger partial charge in [0.2, 0.25) is 6.40 Å². The number of ether oxygens (including phenoxy) is 1. The van der Waals surface area contributed by atoms with Crippen molar-refractivity contribution in [1.82, 2.24) is 0 Å². The zero-order valence-electron chi connectivity index (χ0n) is 5.54. The van der Waals surface area contributed by atoms with E-state index in [2.05, 4.69) is 21.4 Å². The van der Waals surface area contributed by atoms with Crippen LogP contribution in [0.3, 0.4) is 0 Å².